The second kappa shape index (κ2) is 10.3. The Morgan fingerprint density at radius 3 is 1.94 bits per heavy atom. The van der Waals surface area contributed by atoms with Crippen molar-refractivity contribution >= 4 is 8.56 Å². The van der Waals surface area contributed by atoms with Gasteiger partial charge < -0.3 is 13.6 Å². The van der Waals surface area contributed by atoms with Crippen LogP contribution in [-0.4, -0.2) is 35.0 Å². The summed E-state index contributed by atoms with van der Waals surface area (Å²) in [6.07, 6.45) is 2.15. The molecule has 0 spiro atoms. The molecular weight excluding hydrogens is 220 g/mol. The molecule has 0 aliphatic rings. The summed E-state index contributed by atoms with van der Waals surface area (Å²) in [7, 11) is -1.91. The number of ether oxygens (including phenoxy) is 1. The Kier molecular flexibility index (Phi) is 10.3. The number of rotatable bonds is 11. The molecule has 4 heteroatoms. The zero-order chi connectivity index (χ0) is 12.3. The highest BCUT2D eigenvalue weighted by atomic mass is 28.4. The number of hydrogen-bond donors (Lipinski definition) is 0. The van der Waals surface area contributed by atoms with Gasteiger partial charge in [0.05, 0.1) is 0 Å². The van der Waals surface area contributed by atoms with Crippen LogP contribution in [0.2, 0.25) is 12.1 Å². The van der Waals surface area contributed by atoms with Crippen LogP contribution < -0.4 is 0 Å². The molecule has 0 saturated heterocycles. The van der Waals surface area contributed by atoms with E-state index in [2.05, 4.69) is 13.8 Å². The third-order valence-electron chi connectivity index (χ3n) is 2.55. The van der Waals surface area contributed by atoms with Crippen molar-refractivity contribution in [2.45, 2.75) is 52.6 Å². The van der Waals surface area contributed by atoms with E-state index in [1.807, 2.05) is 13.8 Å². The molecule has 0 heterocycles. The van der Waals surface area contributed by atoms with Crippen LogP contribution in [0.4, 0.5) is 0 Å². The Bertz CT molecular complexity index is 147. The van der Waals surface area contributed by atoms with Crippen molar-refractivity contribution in [3.05, 3.63) is 0 Å². The van der Waals surface area contributed by atoms with Gasteiger partial charge in [0.25, 0.3) is 0 Å². The molecule has 0 aromatic carbocycles. The minimum Gasteiger partial charge on any atom is -0.394 e. The Hall–Kier alpha value is 0.0969. The molecule has 0 aromatic heterocycles. The first kappa shape index (κ1) is 16.1. The molecule has 3 nitrogen and oxygen atoms in total. The maximum atomic E-state index is 5.89. The molecule has 0 amide bonds. The lowest BCUT2D eigenvalue weighted by atomic mass is 10.5. The van der Waals surface area contributed by atoms with E-state index >= 15 is 0 Å². The van der Waals surface area contributed by atoms with Crippen molar-refractivity contribution in [1.82, 2.24) is 0 Å². The van der Waals surface area contributed by atoms with E-state index in [-0.39, 0.29) is 0 Å². The minimum absolute atomic E-state index is 0.760. The Morgan fingerprint density at radius 2 is 1.50 bits per heavy atom. The van der Waals surface area contributed by atoms with E-state index in [1.54, 1.807) is 0 Å². The second-order valence-corrected chi connectivity index (χ2v) is 7.45. The largest absolute Gasteiger partial charge is 0.394 e. The van der Waals surface area contributed by atoms with E-state index in [9.17, 15) is 0 Å². The van der Waals surface area contributed by atoms with Gasteiger partial charge in [0.1, 0.15) is 0 Å². The summed E-state index contributed by atoms with van der Waals surface area (Å²) >= 11 is 0. The lowest BCUT2D eigenvalue weighted by Gasteiger charge is -2.28. The zero-order valence-corrected chi connectivity index (χ0v) is 12.4. The van der Waals surface area contributed by atoms with Gasteiger partial charge in [0.2, 0.25) is 0 Å². The highest BCUT2D eigenvalue weighted by Gasteiger charge is 2.34. The molecule has 0 bridgehead atoms. The van der Waals surface area contributed by atoms with Gasteiger partial charge in [-0.2, -0.15) is 0 Å². The average molecular weight is 248 g/mol. The molecule has 0 rings (SSSR count). The summed E-state index contributed by atoms with van der Waals surface area (Å²) in [5.41, 5.74) is 0. The van der Waals surface area contributed by atoms with Gasteiger partial charge in [0, 0.05) is 26.4 Å². The topological polar surface area (TPSA) is 27.7 Å². The monoisotopic (exact) mass is 248 g/mol. The molecule has 98 valence electrons. The van der Waals surface area contributed by atoms with Crippen LogP contribution in [0.1, 0.15) is 40.5 Å². The summed E-state index contributed by atoms with van der Waals surface area (Å²) in [5, 5.41) is 0. The van der Waals surface area contributed by atoms with E-state index < -0.39 is 8.56 Å². The maximum absolute atomic E-state index is 5.89. The van der Waals surface area contributed by atoms with E-state index in [0.717, 1.165) is 51.4 Å². The van der Waals surface area contributed by atoms with Crippen LogP contribution in [0.3, 0.4) is 0 Å². The molecule has 0 saturated carbocycles. The molecule has 0 aromatic rings. The fourth-order valence-corrected chi connectivity index (χ4v) is 4.65. The summed E-state index contributed by atoms with van der Waals surface area (Å²) < 4.78 is 17.3. The van der Waals surface area contributed by atoms with Gasteiger partial charge in [-0.25, -0.2) is 0 Å². The Morgan fingerprint density at radius 1 is 0.875 bits per heavy atom. The highest BCUT2D eigenvalue weighted by molar-refractivity contribution is 6.67. The summed E-state index contributed by atoms with van der Waals surface area (Å²) in [6.45, 7) is 11.6. The van der Waals surface area contributed by atoms with Crippen LogP contribution in [0.15, 0.2) is 0 Å². The third-order valence-corrected chi connectivity index (χ3v) is 6.37. The van der Waals surface area contributed by atoms with Crippen molar-refractivity contribution in [2.75, 3.05) is 26.4 Å². The second-order valence-electron chi connectivity index (χ2n) is 3.85. The van der Waals surface area contributed by atoms with Gasteiger partial charge in [-0.1, -0.05) is 13.8 Å². The zero-order valence-electron chi connectivity index (χ0n) is 11.4. The molecule has 0 radical (unpaired) electrons. The molecule has 0 unspecified atom stereocenters. The third kappa shape index (κ3) is 6.63. The van der Waals surface area contributed by atoms with Crippen molar-refractivity contribution in [1.29, 1.82) is 0 Å². The van der Waals surface area contributed by atoms with Gasteiger partial charge in [-0.05, 0) is 38.8 Å². The quantitative estimate of drug-likeness (QED) is 0.414. The lowest BCUT2D eigenvalue weighted by molar-refractivity contribution is 0.129. The molecule has 0 N–H and O–H groups in total. The SMILES string of the molecule is CCCOCCC[Si](CC)(OCC)OCC. The van der Waals surface area contributed by atoms with Crippen LogP contribution in [0.25, 0.3) is 0 Å². The van der Waals surface area contributed by atoms with Crippen LogP contribution >= 0.6 is 0 Å². The van der Waals surface area contributed by atoms with E-state index in [1.165, 1.54) is 0 Å². The summed E-state index contributed by atoms with van der Waals surface area (Å²) in [6, 6.07) is 2.08. The summed E-state index contributed by atoms with van der Waals surface area (Å²) in [4.78, 5) is 0. The highest BCUT2D eigenvalue weighted by Crippen LogP contribution is 2.20. The smallest absolute Gasteiger partial charge is 0.337 e. The van der Waals surface area contributed by atoms with Crippen LogP contribution in [0.5, 0.6) is 0 Å². The van der Waals surface area contributed by atoms with Crippen LogP contribution in [0, 0.1) is 0 Å². The Balaban J connectivity index is 3.89. The van der Waals surface area contributed by atoms with E-state index in [0.29, 0.717) is 0 Å². The molecular formula is C12H28O3Si. The molecule has 0 aliphatic carbocycles. The first-order valence-corrected chi connectivity index (χ1v) is 8.83. The Labute approximate surface area is 102 Å². The van der Waals surface area contributed by atoms with Crippen molar-refractivity contribution in [2.24, 2.45) is 0 Å². The maximum Gasteiger partial charge on any atom is 0.337 e. The predicted molar refractivity (Wildman–Crippen MR) is 70.0 cm³/mol. The number of hydrogen-bond acceptors (Lipinski definition) is 3. The first-order chi connectivity index (χ1) is 7.74. The van der Waals surface area contributed by atoms with Crippen LogP contribution in [-0.2, 0) is 13.6 Å². The minimum atomic E-state index is -1.91. The fourth-order valence-electron chi connectivity index (χ4n) is 1.78. The summed E-state index contributed by atoms with van der Waals surface area (Å²) in [5.74, 6) is 0. The molecule has 0 fully saturated rings. The normalized spacial score (nSPS) is 12.0. The van der Waals surface area contributed by atoms with E-state index in [4.69, 9.17) is 13.6 Å². The predicted octanol–water partition coefficient (Wildman–Crippen LogP) is 3.34. The van der Waals surface area contributed by atoms with Gasteiger partial charge in [0.15, 0.2) is 0 Å². The first-order valence-electron chi connectivity index (χ1n) is 6.60. The van der Waals surface area contributed by atoms with Gasteiger partial charge in [-0.3, -0.25) is 0 Å². The van der Waals surface area contributed by atoms with Gasteiger partial charge in [-0.15, -0.1) is 0 Å². The van der Waals surface area contributed by atoms with Crippen molar-refractivity contribution in [3.63, 3.8) is 0 Å². The van der Waals surface area contributed by atoms with Crippen molar-refractivity contribution < 1.29 is 13.6 Å². The average Bonchev–Trinajstić information content (AvgIpc) is 2.29. The standard InChI is InChI=1S/C12H28O3Si/c1-5-10-13-11-9-12-16(8-4,14-6-2)15-7-3/h5-12H2,1-4H3. The fraction of sp³-hybridized carbons (Fsp3) is 1.00. The lowest BCUT2D eigenvalue weighted by Crippen LogP contribution is -2.41. The molecule has 0 atom stereocenters. The van der Waals surface area contributed by atoms with Crippen molar-refractivity contribution in [3.8, 4) is 0 Å². The molecule has 16 heavy (non-hydrogen) atoms. The molecule has 0 aliphatic heterocycles. The van der Waals surface area contributed by atoms with Gasteiger partial charge >= 0.3 is 8.56 Å².